The number of benzene rings is 1. The lowest BCUT2D eigenvalue weighted by Crippen LogP contribution is -2.29. The predicted molar refractivity (Wildman–Crippen MR) is 102 cm³/mol. The zero-order valence-electron chi connectivity index (χ0n) is 14.6. The highest BCUT2D eigenvalue weighted by Gasteiger charge is 2.19. The third-order valence-electron chi connectivity index (χ3n) is 4.01. The highest BCUT2D eigenvalue weighted by molar-refractivity contribution is 7.91. The van der Waals surface area contributed by atoms with Crippen LogP contribution in [0.2, 0.25) is 0 Å². The lowest BCUT2D eigenvalue weighted by atomic mass is 10.2. The number of thiophene rings is 1. The normalized spacial score (nSPS) is 11.5. The van der Waals surface area contributed by atoms with Crippen LogP contribution in [0.1, 0.15) is 15.2 Å². The van der Waals surface area contributed by atoms with Crippen LogP contribution in [-0.4, -0.2) is 43.7 Å². The number of rotatable bonds is 6. The number of carbonyl (C=O) groups is 1. The molecule has 0 aliphatic carbocycles. The third kappa shape index (κ3) is 3.86. The Morgan fingerprint density at radius 2 is 2.00 bits per heavy atom. The number of amides is 1. The molecule has 0 saturated carbocycles. The minimum Gasteiger partial charge on any atom is -0.497 e. The Morgan fingerprint density at radius 3 is 2.63 bits per heavy atom. The molecule has 0 radical (unpaired) electrons. The fourth-order valence-electron chi connectivity index (χ4n) is 2.57. The molecule has 10 heteroatoms. The molecule has 2 N–H and O–H groups in total. The summed E-state index contributed by atoms with van der Waals surface area (Å²) in [6.45, 7) is 1.61. The maximum absolute atomic E-state index is 12.4. The van der Waals surface area contributed by atoms with Crippen LogP contribution in [0.15, 0.2) is 40.3 Å². The quantitative estimate of drug-likeness (QED) is 0.639. The number of aromatic amines is 1. The van der Waals surface area contributed by atoms with E-state index in [1.54, 1.807) is 19.1 Å². The number of aryl methyl sites for hydroxylation is 1. The fourth-order valence-corrected chi connectivity index (χ4v) is 4.80. The van der Waals surface area contributed by atoms with E-state index in [9.17, 15) is 18.0 Å². The van der Waals surface area contributed by atoms with Crippen LogP contribution in [0.5, 0.6) is 5.75 Å². The average molecular weight is 407 g/mol. The molecule has 0 bridgehead atoms. The first-order chi connectivity index (χ1) is 12.8. The van der Waals surface area contributed by atoms with Gasteiger partial charge < -0.3 is 15.0 Å². The Hall–Kier alpha value is -2.72. The summed E-state index contributed by atoms with van der Waals surface area (Å²) in [7, 11) is -2.04. The van der Waals surface area contributed by atoms with Crippen molar-refractivity contribution in [1.82, 2.24) is 15.3 Å². The SMILES string of the molecule is COc1ccc(S(=O)(=O)CCNC(=O)c2sc3nc[nH]c(=O)c3c2C)cc1. The largest absolute Gasteiger partial charge is 0.497 e. The zero-order valence-corrected chi connectivity index (χ0v) is 16.2. The van der Waals surface area contributed by atoms with E-state index in [1.807, 2.05) is 0 Å². The summed E-state index contributed by atoms with van der Waals surface area (Å²) in [6.07, 6.45) is 1.28. The first kappa shape index (κ1) is 19.1. The van der Waals surface area contributed by atoms with Gasteiger partial charge in [0, 0.05) is 6.54 Å². The molecular weight excluding hydrogens is 390 g/mol. The molecule has 0 unspecified atom stereocenters. The minimum absolute atomic E-state index is 0.0509. The van der Waals surface area contributed by atoms with Crippen LogP contribution >= 0.6 is 11.3 Å². The number of H-pyrrole nitrogens is 1. The molecule has 142 valence electrons. The van der Waals surface area contributed by atoms with E-state index in [2.05, 4.69) is 15.3 Å². The number of sulfone groups is 1. The molecule has 1 aromatic carbocycles. The molecule has 27 heavy (non-hydrogen) atoms. The lowest BCUT2D eigenvalue weighted by Gasteiger charge is -2.07. The first-order valence-electron chi connectivity index (χ1n) is 7.95. The summed E-state index contributed by atoms with van der Waals surface area (Å²) in [5.74, 6) is -0.112. The number of aromatic nitrogens is 2. The van der Waals surface area contributed by atoms with Crippen molar-refractivity contribution >= 4 is 37.3 Å². The molecule has 0 aliphatic rings. The maximum atomic E-state index is 12.4. The van der Waals surface area contributed by atoms with Gasteiger partial charge in [-0.2, -0.15) is 0 Å². The van der Waals surface area contributed by atoms with Gasteiger partial charge in [-0.3, -0.25) is 9.59 Å². The maximum Gasteiger partial charge on any atom is 0.261 e. The monoisotopic (exact) mass is 407 g/mol. The standard InChI is InChI=1S/C17H17N3O5S2/c1-10-13-15(21)19-9-20-17(13)26-14(10)16(22)18-7-8-27(23,24)12-5-3-11(25-2)4-6-12/h3-6,9H,7-8H2,1-2H3,(H,18,22)(H,19,20,21). The van der Waals surface area contributed by atoms with Crippen molar-refractivity contribution in [2.75, 3.05) is 19.4 Å². The molecule has 0 fully saturated rings. The van der Waals surface area contributed by atoms with Gasteiger partial charge in [-0.15, -0.1) is 11.3 Å². The van der Waals surface area contributed by atoms with Crippen molar-refractivity contribution in [2.45, 2.75) is 11.8 Å². The van der Waals surface area contributed by atoms with Crippen LogP contribution in [-0.2, 0) is 9.84 Å². The number of hydrogen-bond donors (Lipinski definition) is 2. The number of fused-ring (bicyclic) bond motifs is 1. The molecule has 0 saturated heterocycles. The van der Waals surface area contributed by atoms with Crippen LogP contribution < -0.4 is 15.6 Å². The van der Waals surface area contributed by atoms with Crippen molar-refractivity contribution in [3.8, 4) is 5.75 Å². The van der Waals surface area contributed by atoms with E-state index in [-0.39, 0.29) is 22.8 Å². The minimum atomic E-state index is -3.54. The van der Waals surface area contributed by atoms with Gasteiger partial charge >= 0.3 is 0 Å². The Labute approximate surface area is 159 Å². The lowest BCUT2D eigenvalue weighted by molar-refractivity contribution is 0.0959. The summed E-state index contributed by atoms with van der Waals surface area (Å²) in [4.78, 5) is 31.8. The smallest absolute Gasteiger partial charge is 0.261 e. The molecule has 2 heterocycles. The van der Waals surface area contributed by atoms with Crippen molar-refractivity contribution in [3.63, 3.8) is 0 Å². The number of carbonyl (C=O) groups excluding carboxylic acids is 1. The van der Waals surface area contributed by atoms with Gasteiger partial charge in [0.05, 0.1) is 34.3 Å². The topological polar surface area (TPSA) is 118 Å². The van der Waals surface area contributed by atoms with Gasteiger partial charge in [0.1, 0.15) is 10.6 Å². The Balaban J connectivity index is 1.70. The fraction of sp³-hybridized carbons (Fsp3) is 0.235. The van der Waals surface area contributed by atoms with Gasteiger partial charge in [-0.25, -0.2) is 13.4 Å². The Morgan fingerprint density at radius 1 is 1.30 bits per heavy atom. The van der Waals surface area contributed by atoms with Crippen LogP contribution in [0.25, 0.3) is 10.2 Å². The van der Waals surface area contributed by atoms with Crippen LogP contribution in [0.4, 0.5) is 0 Å². The second-order valence-corrected chi connectivity index (χ2v) is 8.83. The molecule has 8 nitrogen and oxygen atoms in total. The summed E-state index contributed by atoms with van der Waals surface area (Å²) in [6, 6.07) is 6.06. The summed E-state index contributed by atoms with van der Waals surface area (Å²) >= 11 is 1.10. The van der Waals surface area contributed by atoms with Crippen LogP contribution in [0, 0.1) is 6.92 Å². The Bertz CT molecular complexity index is 1150. The molecule has 3 aromatic rings. The Kier molecular flexibility index (Phi) is 5.29. The van der Waals surface area contributed by atoms with E-state index >= 15 is 0 Å². The van der Waals surface area contributed by atoms with Gasteiger partial charge in [-0.05, 0) is 36.8 Å². The molecule has 0 aliphatic heterocycles. The first-order valence-corrected chi connectivity index (χ1v) is 10.4. The van der Waals surface area contributed by atoms with Crippen molar-refractivity contribution in [1.29, 1.82) is 0 Å². The molecule has 3 rings (SSSR count). The summed E-state index contributed by atoms with van der Waals surface area (Å²) in [5.41, 5.74) is 0.217. The second-order valence-electron chi connectivity index (χ2n) is 5.72. The highest BCUT2D eigenvalue weighted by Crippen LogP contribution is 2.26. The molecular formula is C17H17N3O5S2. The van der Waals surface area contributed by atoms with Crippen LogP contribution in [0.3, 0.4) is 0 Å². The number of nitrogens with one attached hydrogen (secondary N) is 2. The predicted octanol–water partition coefficient (Wildman–Crippen LogP) is 1.51. The molecule has 1 amide bonds. The van der Waals surface area contributed by atoms with Gasteiger partial charge in [0.25, 0.3) is 11.5 Å². The zero-order chi connectivity index (χ0) is 19.6. The van der Waals surface area contributed by atoms with E-state index in [0.29, 0.717) is 26.4 Å². The molecule has 2 aromatic heterocycles. The number of nitrogens with zero attached hydrogens (tertiary/aromatic N) is 1. The van der Waals surface area contributed by atoms with E-state index in [1.165, 1.54) is 25.6 Å². The average Bonchev–Trinajstić information content (AvgIpc) is 2.99. The second kappa shape index (κ2) is 7.49. The van der Waals surface area contributed by atoms with E-state index < -0.39 is 15.7 Å². The van der Waals surface area contributed by atoms with Gasteiger partial charge in [0.2, 0.25) is 0 Å². The van der Waals surface area contributed by atoms with Crippen molar-refractivity contribution in [3.05, 3.63) is 51.4 Å². The van der Waals surface area contributed by atoms with Gasteiger partial charge in [0.15, 0.2) is 9.84 Å². The molecule has 0 atom stereocenters. The van der Waals surface area contributed by atoms with E-state index in [0.717, 1.165) is 11.3 Å². The van der Waals surface area contributed by atoms with E-state index in [4.69, 9.17) is 4.74 Å². The number of ether oxygens (including phenoxy) is 1. The third-order valence-corrected chi connectivity index (χ3v) is 6.94. The molecule has 0 spiro atoms. The van der Waals surface area contributed by atoms with Gasteiger partial charge in [-0.1, -0.05) is 0 Å². The number of methoxy groups -OCH3 is 1. The van der Waals surface area contributed by atoms with Crippen molar-refractivity contribution < 1.29 is 17.9 Å². The summed E-state index contributed by atoms with van der Waals surface area (Å²) < 4.78 is 29.7. The van der Waals surface area contributed by atoms with Crippen molar-refractivity contribution in [2.24, 2.45) is 0 Å². The summed E-state index contributed by atoms with van der Waals surface area (Å²) in [5, 5.41) is 2.97. The highest BCUT2D eigenvalue weighted by atomic mass is 32.2. The number of hydrogen-bond acceptors (Lipinski definition) is 7.